The van der Waals surface area contributed by atoms with Crippen molar-refractivity contribution in [2.45, 2.75) is 27.7 Å². The highest BCUT2D eigenvalue weighted by Gasteiger charge is 2.20. The third-order valence-corrected chi connectivity index (χ3v) is 3.75. The third kappa shape index (κ3) is 6.79. The van der Waals surface area contributed by atoms with Gasteiger partial charge in [-0.25, -0.2) is 0 Å². The Morgan fingerprint density at radius 2 is 1.73 bits per heavy atom. The van der Waals surface area contributed by atoms with Crippen LogP contribution in [0.25, 0.3) is 0 Å². The number of hydrogen-bond donors (Lipinski definition) is 0. The van der Waals surface area contributed by atoms with Gasteiger partial charge >= 0.3 is 6.72 Å². The average Bonchev–Trinajstić information content (AvgIpc) is 2.01. The van der Waals surface area contributed by atoms with E-state index in [9.17, 15) is 4.79 Å². The van der Waals surface area contributed by atoms with E-state index < -0.39 is 6.72 Å². The maximum Gasteiger partial charge on any atom is 0.380 e. The molecule has 88 valence electrons. The van der Waals surface area contributed by atoms with Crippen LogP contribution in [-0.4, -0.2) is 19.0 Å². The van der Waals surface area contributed by atoms with Gasteiger partial charge in [0.15, 0.2) is 5.78 Å². The molecule has 0 aromatic heterocycles. The molecule has 0 aromatic rings. The van der Waals surface area contributed by atoms with Gasteiger partial charge < -0.3 is 4.52 Å². The molecule has 0 aliphatic rings. The van der Waals surface area contributed by atoms with E-state index in [1.807, 2.05) is 13.8 Å². The van der Waals surface area contributed by atoms with Crippen molar-refractivity contribution in [1.29, 1.82) is 0 Å². The molecule has 0 saturated heterocycles. The van der Waals surface area contributed by atoms with Crippen LogP contribution >= 0.6 is 6.72 Å². The maximum absolute atomic E-state index is 10.8. The molecule has 0 rings (SSSR count). The van der Waals surface area contributed by atoms with Gasteiger partial charge in [-0.2, -0.15) is 0 Å². The summed E-state index contributed by atoms with van der Waals surface area (Å²) in [4.78, 5) is 10.8. The summed E-state index contributed by atoms with van der Waals surface area (Å²) >= 11 is 5.12. The fraction of sp³-hybridized carbons (Fsp3) is 0.667. The molecule has 0 aliphatic heterocycles. The molecule has 0 saturated carbocycles. The molecule has 0 unspecified atom stereocenters. The summed E-state index contributed by atoms with van der Waals surface area (Å²) in [5.74, 6) is 0.329. The lowest BCUT2D eigenvalue weighted by atomic mass is 10.4. The summed E-state index contributed by atoms with van der Waals surface area (Å²) in [5.41, 5.74) is 0. The van der Waals surface area contributed by atoms with Crippen molar-refractivity contribution < 1.29 is 18.4 Å². The molecule has 0 spiro atoms. The highest BCUT2D eigenvalue weighted by Crippen LogP contribution is 2.51. The molecule has 0 amide bonds. The van der Waals surface area contributed by atoms with Crippen molar-refractivity contribution in [3.05, 3.63) is 11.8 Å². The molecule has 4 nitrogen and oxygen atoms in total. The summed E-state index contributed by atoms with van der Waals surface area (Å²) in [5, 5.41) is 0. The van der Waals surface area contributed by atoms with E-state index >= 15 is 0 Å². The lowest BCUT2D eigenvalue weighted by molar-refractivity contribution is -0.112. The van der Waals surface area contributed by atoms with Crippen LogP contribution in [0.5, 0.6) is 0 Å². The Morgan fingerprint density at radius 1 is 1.27 bits per heavy atom. The minimum Gasteiger partial charge on any atom is -0.429 e. The van der Waals surface area contributed by atoms with Gasteiger partial charge in [-0.15, -0.1) is 0 Å². The molecule has 15 heavy (non-hydrogen) atoms. The zero-order chi connectivity index (χ0) is 11.9. The predicted molar refractivity (Wildman–Crippen MR) is 63.1 cm³/mol. The third-order valence-electron chi connectivity index (χ3n) is 1.24. The van der Waals surface area contributed by atoms with Crippen molar-refractivity contribution in [3.8, 4) is 0 Å². The van der Waals surface area contributed by atoms with Crippen molar-refractivity contribution in [1.82, 2.24) is 0 Å². The predicted octanol–water partition coefficient (Wildman–Crippen LogP) is 2.79. The van der Waals surface area contributed by atoms with E-state index in [2.05, 4.69) is 0 Å². The van der Waals surface area contributed by atoms with Gasteiger partial charge in [-0.3, -0.25) is 13.8 Å². The molecule has 6 heteroatoms. The lowest BCUT2D eigenvalue weighted by Gasteiger charge is -2.21. The van der Waals surface area contributed by atoms with Crippen molar-refractivity contribution in [3.63, 3.8) is 0 Å². The summed E-state index contributed by atoms with van der Waals surface area (Å²) in [6, 6.07) is 0. The number of carbonyl (C=O) groups excluding carboxylic acids is 1. The summed E-state index contributed by atoms with van der Waals surface area (Å²) in [6.45, 7) is 4.84. The second-order valence-electron chi connectivity index (χ2n) is 2.74. The summed E-state index contributed by atoms with van der Waals surface area (Å²) in [6.07, 6.45) is 1.36. The summed E-state index contributed by atoms with van der Waals surface area (Å²) < 4.78 is 15.9. The Hall–Kier alpha value is -0.220. The summed E-state index contributed by atoms with van der Waals surface area (Å²) in [7, 11) is 0. The smallest absolute Gasteiger partial charge is 0.380 e. The lowest BCUT2D eigenvalue weighted by Crippen LogP contribution is -1.99. The fourth-order valence-electron chi connectivity index (χ4n) is 0.895. The quantitative estimate of drug-likeness (QED) is 0.396. The van der Waals surface area contributed by atoms with Crippen LogP contribution in [0, 0.1) is 0 Å². The normalized spacial score (nSPS) is 12.7. The van der Waals surface area contributed by atoms with Crippen molar-refractivity contribution in [2.75, 3.05) is 13.2 Å². The molecule has 0 radical (unpaired) electrons. The molecule has 0 bridgehead atoms. The maximum atomic E-state index is 10.8. The Balaban J connectivity index is 4.54. The average molecular weight is 252 g/mol. The van der Waals surface area contributed by atoms with Gasteiger partial charge in [-0.05, 0) is 27.7 Å². The highest BCUT2D eigenvalue weighted by atomic mass is 32.5. The van der Waals surface area contributed by atoms with Crippen molar-refractivity contribution >= 4 is 24.3 Å². The molecular formula is C9H17O4PS. The van der Waals surface area contributed by atoms with Crippen LogP contribution in [0.4, 0.5) is 0 Å². The van der Waals surface area contributed by atoms with Crippen LogP contribution in [0.2, 0.25) is 0 Å². The van der Waals surface area contributed by atoms with Gasteiger partial charge in [-0.1, -0.05) is 0 Å². The van der Waals surface area contributed by atoms with Gasteiger partial charge in [0.1, 0.15) is 5.76 Å². The standard InChI is InChI=1S/C9H17O4PS/c1-5-11-14(15,12-6-2)13-9(4)7-8(3)10/h7H,5-6H2,1-4H3/b9-7-. The topological polar surface area (TPSA) is 44.8 Å². The van der Waals surface area contributed by atoms with Crippen LogP contribution in [0.1, 0.15) is 27.7 Å². The van der Waals surface area contributed by atoms with E-state index in [0.717, 1.165) is 0 Å². The van der Waals surface area contributed by atoms with Crippen LogP contribution in [0.15, 0.2) is 11.8 Å². The Labute approximate surface area is 95.9 Å². The van der Waals surface area contributed by atoms with E-state index in [0.29, 0.717) is 19.0 Å². The zero-order valence-corrected chi connectivity index (χ0v) is 11.2. The minimum atomic E-state index is -2.72. The van der Waals surface area contributed by atoms with Gasteiger partial charge in [0.05, 0.1) is 13.2 Å². The minimum absolute atomic E-state index is 0.0953. The number of ketones is 1. The first kappa shape index (κ1) is 14.8. The number of allylic oxidation sites excluding steroid dienone is 2. The Bertz CT molecular complexity index is 278. The van der Waals surface area contributed by atoms with Crippen LogP contribution < -0.4 is 0 Å². The van der Waals surface area contributed by atoms with Gasteiger partial charge in [0.2, 0.25) is 0 Å². The van der Waals surface area contributed by atoms with Crippen molar-refractivity contribution in [2.24, 2.45) is 0 Å². The van der Waals surface area contributed by atoms with E-state index in [1.165, 1.54) is 13.0 Å². The first-order chi connectivity index (χ1) is 6.93. The molecular weight excluding hydrogens is 235 g/mol. The van der Waals surface area contributed by atoms with E-state index in [1.54, 1.807) is 6.92 Å². The molecule has 0 N–H and O–H groups in total. The molecule has 0 heterocycles. The largest absolute Gasteiger partial charge is 0.429 e. The van der Waals surface area contributed by atoms with Gasteiger partial charge in [0.25, 0.3) is 0 Å². The van der Waals surface area contributed by atoms with Crippen LogP contribution in [0.3, 0.4) is 0 Å². The fourth-order valence-corrected chi connectivity index (χ4v) is 3.10. The second-order valence-corrected chi connectivity index (χ2v) is 5.67. The highest BCUT2D eigenvalue weighted by molar-refractivity contribution is 8.07. The first-order valence-corrected chi connectivity index (χ1v) is 7.26. The Kier molecular flexibility index (Phi) is 7.02. The first-order valence-electron chi connectivity index (χ1n) is 4.71. The molecule has 0 aromatic carbocycles. The zero-order valence-electron chi connectivity index (χ0n) is 9.48. The molecule has 0 fully saturated rings. The second kappa shape index (κ2) is 7.12. The van der Waals surface area contributed by atoms with Gasteiger partial charge in [0, 0.05) is 17.9 Å². The van der Waals surface area contributed by atoms with Crippen LogP contribution in [-0.2, 0) is 30.2 Å². The number of rotatable bonds is 7. The number of carbonyl (C=O) groups is 1. The number of hydrogen-bond acceptors (Lipinski definition) is 5. The van der Waals surface area contributed by atoms with E-state index in [-0.39, 0.29) is 5.78 Å². The SMILES string of the molecule is CCOP(=S)(OCC)O/C(C)=C\C(C)=O. The van der Waals surface area contributed by atoms with E-state index in [4.69, 9.17) is 25.4 Å². The Morgan fingerprint density at radius 3 is 2.07 bits per heavy atom. The molecule has 0 atom stereocenters. The molecule has 0 aliphatic carbocycles. The monoisotopic (exact) mass is 252 g/mol.